The number of para-hydroxylation sites is 1. The van der Waals surface area contributed by atoms with Gasteiger partial charge in [-0.25, -0.2) is 18.4 Å². The van der Waals surface area contributed by atoms with Crippen molar-refractivity contribution in [3.63, 3.8) is 0 Å². The van der Waals surface area contributed by atoms with Crippen LogP contribution >= 0.6 is 11.3 Å². The Balaban J connectivity index is 1.53. The number of sulfonamides is 1. The summed E-state index contributed by atoms with van der Waals surface area (Å²) in [7, 11) is -3.81. The Hall–Kier alpha value is -3.09. The number of benzene rings is 1. The molecule has 10 nitrogen and oxygen atoms in total. The number of aromatic hydroxyl groups is 1. The summed E-state index contributed by atoms with van der Waals surface area (Å²) in [6, 6.07) is 8.84. The van der Waals surface area contributed by atoms with Crippen molar-refractivity contribution in [3.05, 3.63) is 40.1 Å². The third-order valence-electron chi connectivity index (χ3n) is 6.54. The van der Waals surface area contributed by atoms with Gasteiger partial charge in [-0.3, -0.25) is 0 Å². The predicted octanol–water partition coefficient (Wildman–Crippen LogP) is 5.07. The van der Waals surface area contributed by atoms with Crippen LogP contribution < -0.4 is 21.3 Å². The van der Waals surface area contributed by atoms with E-state index in [0.717, 1.165) is 12.8 Å². The molecule has 4 heterocycles. The van der Waals surface area contributed by atoms with Crippen LogP contribution in [0.3, 0.4) is 0 Å². The molecule has 198 valence electrons. The van der Waals surface area contributed by atoms with Crippen LogP contribution in [0.2, 0.25) is 0 Å². The van der Waals surface area contributed by atoms with E-state index in [1.165, 1.54) is 20.1 Å². The molecule has 1 atom stereocenters. The summed E-state index contributed by atoms with van der Waals surface area (Å²) in [6.45, 7) is 9.97. The van der Waals surface area contributed by atoms with Gasteiger partial charge in [0.1, 0.15) is 4.90 Å². The van der Waals surface area contributed by atoms with E-state index in [1.807, 2.05) is 0 Å². The lowest BCUT2D eigenvalue weighted by Crippen LogP contribution is -2.28. The lowest BCUT2D eigenvalue weighted by molar-refractivity contribution is 0.351. The van der Waals surface area contributed by atoms with Crippen LogP contribution in [-0.2, 0) is 10.0 Å². The van der Waals surface area contributed by atoms with Crippen molar-refractivity contribution in [3.8, 4) is 5.75 Å². The highest BCUT2D eigenvalue weighted by Crippen LogP contribution is 2.42. The van der Waals surface area contributed by atoms with Crippen LogP contribution in [0.15, 0.2) is 35.2 Å². The minimum Gasteiger partial charge on any atom is -0.504 e. The molecular formula is C25H33N7O3S2. The van der Waals surface area contributed by atoms with Crippen molar-refractivity contribution in [2.45, 2.75) is 51.5 Å². The van der Waals surface area contributed by atoms with Crippen molar-refractivity contribution in [1.82, 2.24) is 14.3 Å². The number of phenols is 1. The van der Waals surface area contributed by atoms with Crippen LogP contribution in [0.5, 0.6) is 5.75 Å². The Labute approximate surface area is 221 Å². The Bertz CT molecular complexity index is 1410. The van der Waals surface area contributed by atoms with E-state index in [0.29, 0.717) is 43.0 Å². The number of phenolic OH excluding ortho intramolecular Hbond substituents is 1. The second kappa shape index (κ2) is 9.66. The van der Waals surface area contributed by atoms with Crippen LogP contribution in [0.25, 0.3) is 0 Å². The monoisotopic (exact) mass is 543 g/mol. The first kappa shape index (κ1) is 25.6. The lowest BCUT2D eigenvalue weighted by Gasteiger charge is -2.32. The maximum Gasteiger partial charge on any atom is 0.246 e. The zero-order valence-corrected chi connectivity index (χ0v) is 23.1. The molecule has 2 aliphatic rings. The standard InChI is InChI=1S/C25H33N7O3S2/c1-15-10-11-17(36-15)20(25(2,3)4)29-24-23(30-21-22(31-24)27-14-26-21)28-16-8-7-9-18(19(16)33)37(34,35)32-12-5-6-13-32/h7-11,20,33H,5-6,12-14H2,1-4H3,(H2,26,28,30)(H2,27,29,31)/t20-/m0/s1. The minimum atomic E-state index is -3.81. The van der Waals surface area contributed by atoms with E-state index in [2.05, 4.69) is 61.1 Å². The van der Waals surface area contributed by atoms with Gasteiger partial charge in [-0.15, -0.1) is 11.3 Å². The van der Waals surface area contributed by atoms with Crippen LogP contribution in [0, 0.1) is 12.3 Å². The van der Waals surface area contributed by atoms with Crippen molar-refractivity contribution in [2.75, 3.05) is 41.0 Å². The number of hydrogen-bond donors (Lipinski definition) is 5. The smallest absolute Gasteiger partial charge is 0.246 e. The molecule has 1 fully saturated rings. The molecule has 12 heteroatoms. The van der Waals surface area contributed by atoms with Crippen molar-refractivity contribution in [1.29, 1.82) is 0 Å². The topological polar surface area (TPSA) is 132 Å². The Morgan fingerprint density at radius 2 is 1.73 bits per heavy atom. The van der Waals surface area contributed by atoms with E-state index < -0.39 is 10.0 Å². The van der Waals surface area contributed by atoms with E-state index in [9.17, 15) is 13.5 Å². The first-order chi connectivity index (χ1) is 17.5. The van der Waals surface area contributed by atoms with Gasteiger partial charge in [-0.05, 0) is 49.4 Å². The van der Waals surface area contributed by atoms with Crippen molar-refractivity contribution < 1.29 is 13.5 Å². The molecule has 0 radical (unpaired) electrons. The van der Waals surface area contributed by atoms with Gasteiger partial charge < -0.3 is 26.4 Å². The van der Waals surface area contributed by atoms with E-state index in [1.54, 1.807) is 23.5 Å². The van der Waals surface area contributed by atoms with Gasteiger partial charge in [0.15, 0.2) is 29.0 Å². The Morgan fingerprint density at radius 1 is 1.05 bits per heavy atom. The molecule has 2 aromatic heterocycles. The van der Waals surface area contributed by atoms with E-state index in [-0.39, 0.29) is 27.8 Å². The fraction of sp³-hybridized carbons (Fsp3) is 0.440. The average molecular weight is 544 g/mol. The number of hydrogen-bond acceptors (Lipinski definition) is 10. The zero-order valence-electron chi connectivity index (χ0n) is 21.4. The van der Waals surface area contributed by atoms with E-state index in [4.69, 9.17) is 9.97 Å². The number of nitrogens with one attached hydrogen (secondary N) is 4. The molecule has 2 aliphatic heterocycles. The first-order valence-corrected chi connectivity index (χ1v) is 14.6. The normalized spacial score (nSPS) is 16.6. The summed E-state index contributed by atoms with van der Waals surface area (Å²) in [6.07, 6.45) is 1.63. The van der Waals surface area contributed by atoms with Crippen LogP contribution in [-0.4, -0.2) is 47.6 Å². The van der Waals surface area contributed by atoms with Gasteiger partial charge >= 0.3 is 0 Å². The number of aryl methyl sites for hydroxylation is 1. The molecule has 0 aliphatic carbocycles. The second-order valence-corrected chi connectivity index (χ2v) is 13.7. The van der Waals surface area contributed by atoms with Crippen molar-refractivity contribution in [2.24, 2.45) is 5.41 Å². The molecule has 0 amide bonds. The molecule has 0 bridgehead atoms. The number of rotatable bonds is 7. The third kappa shape index (κ3) is 5.05. The first-order valence-electron chi connectivity index (χ1n) is 12.4. The zero-order chi connectivity index (χ0) is 26.4. The Kier molecular flexibility index (Phi) is 6.67. The molecule has 1 aromatic carbocycles. The molecule has 5 rings (SSSR count). The van der Waals surface area contributed by atoms with Crippen LogP contribution in [0.1, 0.15) is 49.4 Å². The highest BCUT2D eigenvalue weighted by Gasteiger charge is 2.32. The highest BCUT2D eigenvalue weighted by molar-refractivity contribution is 7.89. The number of anilines is 5. The summed E-state index contributed by atoms with van der Waals surface area (Å²) >= 11 is 1.73. The number of nitrogens with zero attached hydrogens (tertiary/aromatic N) is 3. The number of fused-ring (bicyclic) bond motifs is 1. The molecule has 5 N–H and O–H groups in total. The van der Waals surface area contributed by atoms with Gasteiger partial charge in [0, 0.05) is 22.8 Å². The maximum atomic E-state index is 13.2. The quantitative estimate of drug-likeness (QED) is 0.259. The summed E-state index contributed by atoms with van der Waals surface area (Å²) < 4.78 is 27.8. The Morgan fingerprint density at radius 3 is 2.35 bits per heavy atom. The SMILES string of the molecule is Cc1ccc([C@H](Nc2nc3c(nc2Nc2cccc(S(=O)(=O)N4CCCC4)c2O)NCN3)C(C)(C)C)s1. The molecule has 0 spiro atoms. The predicted molar refractivity (Wildman–Crippen MR) is 148 cm³/mol. The average Bonchev–Trinajstić information content (AvgIpc) is 3.60. The minimum absolute atomic E-state index is 0.0658. The van der Waals surface area contributed by atoms with E-state index >= 15 is 0 Å². The molecule has 3 aromatic rings. The number of thiophene rings is 1. The fourth-order valence-corrected chi connectivity index (χ4v) is 7.36. The van der Waals surface area contributed by atoms with Gasteiger partial charge in [0.05, 0.1) is 18.4 Å². The molecular weight excluding hydrogens is 510 g/mol. The molecule has 0 unspecified atom stereocenters. The summed E-state index contributed by atoms with van der Waals surface area (Å²) in [5.74, 6) is 1.73. The largest absolute Gasteiger partial charge is 0.504 e. The highest BCUT2D eigenvalue weighted by atomic mass is 32.2. The van der Waals surface area contributed by atoms with Gasteiger partial charge in [-0.2, -0.15) is 4.31 Å². The maximum absolute atomic E-state index is 13.2. The fourth-order valence-electron chi connectivity index (χ4n) is 4.57. The third-order valence-corrected chi connectivity index (χ3v) is 9.53. The lowest BCUT2D eigenvalue weighted by atomic mass is 9.86. The summed E-state index contributed by atoms with van der Waals surface area (Å²) in [5.41, 5.74) is 0.0927. The van der Waals surface area contributed by atoms with Gasteiger partial charge in [0.25, 0.3) is 0 Å². The number of aromatic nitrogens is 2. The molecule has 1 saturated heterocycles. The van der Waals surface area contributed by atoms with Gasteiger partial charge in [-0.1, -0.05) is 26.8 Å². The van der Waals surface area contributed by atoms with Crippen LogP contribution in [0.4, 0.5) is 29.0 Å². The summed E-state index contributed by atoms with van der Waals surface area (Å²) in [4.78, 5) is 11.8. The second-order valence-electron chi connectivity index (χ2n) is 10.4. The van der Waals surface area contributed by atoms with Gasteiger partial charge in [0.2, 0.25) is 10.0 Å². The molecule has 37 heavy (non-hydrogen) atoms. The van der Waals surface area contributed by atoms with Crippen molar-refractivity contribution >= 4 is 50.3 Å². The molecule has 0 saturated carbocycles. The summed E-state index contributed by atoms with van der Waals surface area (Å²) in [5, 5.41) is 24.1.